The van der Waals surface area contributed by atoms with Gasteiger partial charge in [-0.3, -0.25) is 4.99 Å². The van der Waals surface area contributed by atoms with Crippen molar-refractivity contribution >= 4 is 23.0 Å². The zero-order valence-electron chi connectivity index (χ0n) is 17.3. The van der Waals surface area contributed by atoms with Crippen molar-refractivity contribution < 1.29 is 0 Å². The SMILES string of the molecule is CC.CC.CCC1(C)CCCCN1C.CSC=Nc1ccccc1. The van der Waals surface area contributed by atoms with Gasteiger partial charge in [0.15, 0.2) is 0 Å². The van der Waals surface area contributed by atoms with E-state index in [0.29, 0.717) is 5.54 Å². The average Bonchev–Trinajstić information content (AvgIpc) is 2.67. The summed E-state index contributed by atoms with van der Waals surface area (Å²) < 4.78 is 0. The monoisotopic (exact) mass is 352 g/mol. The van der Waals surface area contributed by atoms with Gasteiger partial charge >= 0.3 is 0 Å². The van der Waals surface area contributed by atoms with Crippen LogP contribution >= 0.6 is 11.8 Å². The highest BCUT2D eigenvalue weighted by molar-refractivity contribution is 8.11. The Morgan fingerprint density at radius 2 is 1.71 bits per heavy atom. The van der Waals surface area contributed by atoms with Gasteiger partial charge in [0.2, 0.25) is 0 Å². The van der Waals surface area contributed by atoms with Crippen molar-refractivity contribution in [1.82, 2.24) is 4.90 Å². The fraction of sp³-hybridized carbons (Fsp3) is 0.667. The number of piperidine rings is 1. The van der Waals surface area contributed by atoms with E-state index in [1.54, 1.807) is 11.8 Å². The van der Waals surface area contributed by atoms with Crippen molar-refractivity contribution in [3.63, 3.8) is 0 Å². The minimum Gasteiger partial charge on any atom is -0.301 e. The van der Waals surface area contributed by atoms with Crippen LogP contribution in [0.5, 0.6) is 0 Å². The number of para-hydroxylation sites is 1. The number of hydrogen-bond acceptors (Lipinski definition) is 3. The largest absolute Gasteiger partial charge is 0.301 e. The van der Waals surface area contributed by atoms with Crippen molar-refractivity contribution in [2.45, 2.75) is 72.8 Å². The lowest BCUT2D eigenvalue weighted by Gasteiger charge is -2.42. The first-order valence-electron chi connectivity index (χ1n) is 9.44. The van der Waals surface area contributed by atoms with Crippen LogP contribution < -0.4 is 0 Å². The van der Waals surface area contributed by atoms with Crippen LogP contribution in [-0.2, 0) is 0 Å². The Balaban J connectivity index is 0. The third kappa shape index (κ3) is 10.9. The van der Waals surface area contributed by atoms with Crippen LogP contribution in [-0.4, -0.2) is 35.8 Å². The molecule has 1 heterocycles. The smallest absolute Gasteiger partial charge is 0.0635 e. The summed E-state index contributed by atoms with van der Waals surface area (Å²) in [5.74, 6) is 0. The molecule has 0 spiro atoms. The van der Waals surface area contributed by atoms with E-state index in [-0.39, 0.29) is 0 Å². The number of hydrogen-bond donors (Lipinski definition) is 0. The molecule has 0 N–H and O–H groups in total. The molecular weight excluding hydrogens is 312 g/mol. The van der Waals surface area contributed by atoms with Crippen LogP contribution in [0, 0.1) is 0 Å². The van der Waals surface area contributed by atoms with E-state index in [0.717, 1.165) is 5.69 Å². The number of likely N-dealkylation sites (tertiary alicyclic amines) is 1. The lowest BCUT2D eigenvalue weighted by molar-refractivity contribution is 0.0863. The predicted molar refractivity (Wildman–Crippen MR) is 116 cm³/mol. The molecule has 0 saturated carbocycles. The molecular formula is C21H40N2S. The first-order chi connectivity index (χ1) is 11.6. The van der Waals surface area contributed by atoms with Crippen LogP contribution in [0.4, 0.5) is 5.69 Å². The molecule has 2 nitrogen and oxygen atoms in total. The maximum atomic E-state index is 4.16. The average molecular weight is 353 g/mol. The molecule has 1 aromatic rings. The van der Waals surface area contributed by atoms with Crippen molar-refractivity contribution in [2.24, 2.45) is 4.99 Å². The van der Waals surface area contributed by atoms with Gasteiger partial charge in [-0.05, 0) is 58.2 Å². The number of aliphatic imine (C=N–C) groups is 1. The van der Waals surface area contributed by atoms with E-state index in [1.807, 2.05) is 69.8 Å². The van der Waals surface area contributed by atoms with E-state index >= 15 is 0 Å². The predicted octanol–water partition coefficient (Wildman–Crippen LogP) is 7.03. The maximum Gasteiger partial charge on any atom is 0.0635 e. The molecule has 0 aromatic heterocycles. The van der Waals surface area contributed by atoms with Crippen LogP contribution in [0.3, 0.4) is 0 Å². The second-order valence-corrected chi connectivity index (χ2v) is 6.22. The highest BCUT2D eigenvalue weighted by Crippen LogP contribution is 2.28. The lowest BCUT2D eigenvalue weighted by atomic mass is 9.87. The van der Waals surface area contributed by atoms with Gasteiger partial charge in [0.25, 0.3) is 0 Å². The van der Waals surface area contributed by atoms with Crippen molar-refractivity contribution in [1.29, 1.82) is 0 Å². The van der Waals surface area contributed by atoms with Crippen molar-refractivity contribution in [3.8, 4) is 0 Å². The molecule has 0 bridgehead atoms. The van der Waals surface area contributed by atoms with E-state index in [2.05, 4.69) is 30.8 Å². The van der Waals surface area contributed by atoms with Gasteiger partial charge in [-0.25, -0.2) is 0 Å². The molecule has 1 saturated heterocycles. The maximum absolute atomic E-state index is 4.16. The molecule has 1 fully saturated rings. The highest BCUT2D eigenvalue weighted by Gasteiger charge is 2.29. The Hall–Kier alpha value is -0.800. The summed E-state index contributed by atoms with van der Waals surface area (Å²) >= 11 is 1.60. The molecule has 1 aliphatic heterocycles. The molecule has 24 heavy (non-hydrogen) atoms. The Kier molecular flexibility index (Phi) is 18.1. The van der Waals surface area contributed by atoms with Crippen molar-refractivity contribution in [2.75, 3.05) is 19.8 Å². The summed E-state index contributed by atoms with van der Waals surface area (Å²) in [5, 5.41) is 0. The molecule has 3 heteroatoms. The number of nitrogens with zero attached hydrogens (tertiary/aromatic N) is 2. The first kappa shape index (κ1) is 25.4. The van der Waals surface area contributed by atoms with Gasteiger partial charge in [-0.15, -0.1) is 11.8 Å². The van der Waals surface area contributed by atoms with Gasteiger partial charge in [0.1, 0.15) is 0 Å². The number of benzene rings is 1. The summed E-state index contributed by atoms with van der Waals surface area (Å²) in [6, 6.07) is 9.90. The van der Waals surface area contributed by atoms with Gasteiger partial charge in [-0.2, -0.15) is 0 Å². The topological polar surface area (TPSA) is 15.6 Å². The Morgan fingerprint density at radius 3 is 2.12 bits per heavy atom. The molecule has 2 rings (SSSR count). The third-order valence-corrected chi connectivity index (χ3v) is 4.52. The van der Waals surface area contributed by atoms with E-state index in [9.17, 15) is 0 Å². The Bertz CT molecular complexity index is 392. The lowest BCUT2D eigenvalue weighted by Crippen LogP contribution is -2.46. The van der Waals surface area contributed by atoms with E-state index in [4.69, 9.17) is 0 Å². The second kappa shape index (κ2) is 17.0. The second-order valence-electron chi connectivity index (χ2n) is 5.53. The molecule has 0 amide bonds. The minimum absolute atomic E-state index is 0.512. The zero-order valence-corrected chi connectivity index (χ0v) is 18.1. The molecule has 1 aliphatic rings. The minimum atomic E-state index is 0.512. The number of rotatable bonds is 3. The molecule has 1 unspecified atom stereocenters. The molecule has 0 radical (unpaired) electrons. The summed E-state index contributed by atoms with van der Waals surface area (Å²) in [6.45, 7) is 14.0. The standard InChI is InChI=1S/C9H19N.C8H9NS.2C2H6/c1-4-9(2)7-5-6-8-10(9)3;1-10-7-9-8-5-3-2-4-6-8;2*1-2/h4-8H2,1-3H3;2-7H,1H3;2*1-2H3. The van der Waals surface area contributed by atoms with Gasteiger partial charge in [0.05, 0.1) is 11.2 Å². The van der Waals surface area contributed by atoms with Crippen LogP contribution in [0.2, 0.25) is 0 Å². The van der Waals surface area contributed by atoms with Gasteiger partial charge in [-0.1, -0.05) is 59.2 Å². The Morgan fingerprint density at radius 1 is 1.12 bits per heavy atom. The summed E-state index contributed by atoms with van der Waals surface area (Å²) in [6.07, 6.45) is 7.50. The van der Waals surface area contributed by atoms with Gasteiger partial charge in [0, 0.05) is 5.54 Å². The summed E-state index contributed by atoms with van der Waals surface area (Å²) in [4.78, 5) is 6.67. The fourth-order valence-corrected chi connectivity index (χ4v) is 2.62. The van der Waals surface area contributed by atoms with Crippen LogP contribution in [0.25, 0.3) is 0 Å². The quantitative estimate of drug-likeness (QED) is 0.428. The normalized spacial score (nSPS) is 20.0. The third-order valence-electron chi connectivity index (χ3n) is 4.21. The highest BCUT2D eigenvalue weighted by atomic mass is 32.2. The summed E-state index contributed by atoms with van der Waals surface area (Å²) in [5.41, 5.74) is 3.35. The first-order valence-corrected chi connectivity index (χ1v) is 10.7. The molecule has 1 atom stereocenters. The molecule has 1 aromatic carbocycles. The van der Waals surface area contributed by atoms with Crippen molar-refractivity contribution in [3.05, 3.63) is 30.3 Å². The summed E-state index contributed by atoms with van der Waals surface area (Å²) in [7, 11) is 2.25. The zero-order chi connectivity index (χ0) is 18.8. The van der Waals surface area contributed by atoms with Crippen LogP contribution in [0.15, 0.2) is 35.3 Å². The molecule has 0 aliphatic carbocycles. The number of thioether (sulfide) groups is 1. The van der Waals surface area contributed by atoms with E-state index in [1.165, 1.54) is 32.2 Å². The van der Waals surface area contributed by atoms with E-state index < -0.39 is 0 Å². The fourth-order valence-electron chi connectivity index (χ4n) is 2.39. The Labute approximate surface area is 156 Å². The van der Waals surface area contributed by atoms with Crippen LogP contribution in [0.1, 0.15) is 67.2 Å². The molecule has 140 valence electrons. The van der Waals surface area contributed by atoms with Gasteiger partial charge < -0.3 is 4.90 Å².